The van der Waals surface area contributed by atoms with E-state index >= 15 is 0 Å². The Morgan fingerprint density at radius 2 is 1.87 bits per heavy atom. The first-order valence-electron chi connectivity index (χ1n) is 9.50. The quantitative estimate of drug-likeness (QED) is 0.354. The molecule has 3 N–H and O–H groups in total. The zero-order valence-electron chi connectivity index (χ0n) is 16.9. The van der Waals surface area contributed by atoms with E-state index in [4.69, 9.17) is 5.11 Å². The van der Waals surface area contributed by atoms with Crippen LogP contribution in [0.5, 0.6) is 0 Å². The lowest BCUT2D eigenvalue weighted by atomic mass is 10.2. The lowest BCUT2D eigenvalue weighted by molar-refractivity contribution is -0.384. The van der Waals surface area contributed by atoms with E-state index in [-0.39, 0.29) is 36.5 Å². The molecule has 1 heterocycles. The highest BCUT2D eigenvalue weighted by atomic mass is 16.6. The summed E-state index contributed by atoms with van der Waals surface area (Å²) in [6.07, 6.45) is 1.12. The number of nitro groups is 1. The van der Waals surface area contributed by atoms with Crippen LogP contribution in [0.4, 0.5) is 23.1 Å². The third-order valence-electron chi connectivity index (χ3n) is 4.44. The predicted octanol–water partition coefficient (Wildman–Crippen LogP) is 2.49. The Morgan fingerprint density at radius 1 is 1.16 bits per heavy atom. The van der Waals surface area contributed by atoms with Crippen molar-refractivity contribution in [3.63, 3.8) is 0 Å². The van der Waals surface area contributed by atoms with Crippen LogP contribution in [0.3, 0.4) is 0 Å². The van der Waals surface area contributed by atoms with Gasteiger partial charge in [-0.2, -0.15) is 4.98 Å². The Hall–Kier alpha value is -4.05. The van der Waals surface area contributed by atoms with Gasteiger partial charge in [0, 0.05) is 31.4 Å². The predicted molar refractivity (Wildman–Crippen MR) is 116 cm³/mol. The summed E-state index contributed by atoms with van der Waals surface area (Å²) in [4.78, 5) is 32.6. The topological polar surface area (TPSA) is 134 Å². The largest absolute Gasteiger partial charge is 0.395 e. The second-order valence-corrected chi connectivity index (χ2v) is 6.68. The van der Waals surface area contributed by atoms with E-state index in [1.165, 1.54) is 4.90 Å². The average molecular weight is 422 g/mol. The Kier molecular flexibility index (Phi) is 7.07. The van der Waals surface area contributed by atoms with Gasteiger partial charge in [-0.05, 0) is 29.8 Å². The molecule has 1 aromatic heterocycles. The number of aliphatic hydroxyl groups is 1. The van der Waals surface area contributed by atoms with Crippen molar-refractivity contribution in [2.75, 3.05) is 30.4 Å². The van der Waals surface area contributed by atoms with Crippen molar-refractivity contribution in [1.82, 2.24) is 15.3 Å². The number of anilines is 3. The summed E-state index contributed by atoms with van der Waals surface area (Å²) in [5, 5.41) is 26.2. The molecule has 160 valence electrons. The number of aromatic nitrogens is 2. The minimum absolute atomic E-state index is 0.0912. The van der Waals surface area contributed by atoms with Crippen molar-refractivity contribution < 1.29 is 14.8 Å². The Bertz CT molecular complexity index is 1040. The molecule has 10 heteroatoms. The fraction of sp³-hybridized carbons (Fsp3) is 0.190. The molecule has 2 aromatic carbocycles. The molecule has 3 rings (SSSR count). The van der Waals surface area contributed by atoms with Gasteiger partial charge in [-0.25, -0.2) is 4.98 Å². The molecule has 1 amide bonds. The van der Waals surface area contributed by atoms with E-state index in [0.29, 0.717) is 17.8 Å². The van der Waals surface area contributed by atoms with Crippen LogP contribution in [0.2, 0.25) is 0 Å². The summed E-state index contributed by atoms with van der Waals surface area (Å²) in [5.41, 5.74) is 1.86. The lowest BCUT2D eigenvalue weighted by Crippen LogP contribution is -2.23. The zero-order valence-corrected chi connectivity index (χ0v) is 16.9. The number of hydrogen-bond donors (Lipinski definition) is 3. The third-order valence-corrected chi connectivity index (χ3v) is 4.44. The van der Waals surface area contributed by atoms with Crippen LogP contribution in [0.1, 0.15) is 15.9 Å². The second kappa shape index (κ2) is 10.1. The first kappa shape index (κ1) is 21.7. The van der Waals surface area contributed by atoms with Crippen LogP contribution >= 0.6 is 0 Å². The normalized spacial score (nSPS) is 10.4. The fourth-order valence-electron chi connectivity index (χ4n) is 2.81. The van der Waals surface area contributed by atoms with Gasteiger partial charge in [-0.15, -0.1) is 0 Å². The van der Waals surface area contributed by atoms with E-state index in [2.05, 4.69) is 20.6 Å². The molecule has 0 unspecified atom stereocenters. The SMILES string of the molecule is CN(CCO)c1nc(Nc2ccc(C(=O)NCc3ccccc3)cc2)ncc1[N+](=O)[O-]. The Balaban J connectivity index is 1.68. The smallest absolute Gasteiger partial charge is 0.329 e. The first-order valence-corrected chi connectivity index (χ1v) is 9.50. The number of carbonyl (C=O) groups is 1. The number of rotatable bonds is 9. The van der Waals surface area contributed by atoms with Gasteiger partial charge in [-0.1, -0.05) is 30.3 Å². The summed E-state index contributed by atoms with van der Waals surface area (Å²) in [7, 11) is 1.60. The molecule has 0 aliphatic heterocycles. The van der Waals surface area contributed by atoms with Crippen molar-refractivity contribution in [2.45, 2.75) is 6.54 Å². The maximum Gasteiger partial charge on any atom is 0.329 e. The molecule has 0 aliphatic carbocycles. The summed E-state index contributed by atoms with van der Waals surface area (Å²) < 4.78 is 0. The van der Waals surface area contributed by atoms with E-state index in [9.17, 15) is 14.9 Å². The van der Waals surface area contributed by atoms with Gasteiger partial charge in [-0.3, -0.25) is 14.9 Å². The van der Waals surface area contributed by atoms with Crippen LogP contribution in [0, 0.1) is 10.1 Å². The highest BCUT2D eigenvalue weighted by molar-refractivity contribution is 5.94. The van der Waals surface area contributed by atoms with Gasteiger partial charge >= 0.3 is 5.69 Å². The van der Waals surface area contributed by atoms with Gasteiger partial charge in [0.2, 0.25) is 11.8 Å². The molecule has 0 fully saturated rings. The molecule has 0 saturated heterocycles. The molecule has 10 nitrogen and oxygen atoms in total. The summed E-state index contributed by atoms with van der Waals surface area (Å²) in [6, 6.07) is 16.3. The van der Waals surface area contributed by atoms with Crippen LogP contribution in [0.15, 0.2) is 60.8 Å². The molecule has 0 saturated carbocycles. The maximum absolute atomic E-state index is 12.3. The number of benzene rings is 2. The van der Waals surface area contributed by atoms with Crippen LogP contribution in [-0.2, 0) is 6.54 Å². The van der Waals surface area contributed by atoms with Crippen molar-refractivity contribution >= 4 is 29.0 Å². The highest BCUT2D eigenvalue weighted by Crippen LogP contribution is 2.26. The highest BCUT2D eigenvalue weighted by Gasteiger charge is 2.20. The summed E-state index contributed by atoms with van der Waals surface area (Å²) in [5.74, 6) is 0.0510. The van der Waals surface area contributed by atoms with E-state index in [1.54, 1.807) is 31.3 Å². The average Bonchev–Trinajstić information content (AvgIpc) is 2.78. The summed E-state index contributed by atoms with van der Waals surface area (Å²) >= 11 is 0. The molecule has 0 spiro atoms. The maximum atomic E-state index is 12.3. The number of nitrogens with one attached hydrogen (secondary N) is 2. The van der Waals surface area contributed by atoms with Crippen LogP contribution in [-0.4, -0.2) is 46.1 Å². The van der Waals surface area contributed by atoms with Gasteiger partial charge in [0.15, 0.2) is 0 Å². The number of hydrogen-bond acceptors (Lipinski definition) is 8. The first-order chi connectivity index (χ1) is 15.0. The standard InChI is InChI=1S/C21H22N6O4/c1-26(11-12-28)19-18(27(30)31)14-23-21(25-19)24-17-9-7-16(8-10-17)20(29)22-13-15-5-3-2-4-6-15/h2-10,14,28H,11-13H2,1H3,(H,22,29)(H,23,24,25). The van der Waals surface area contributed by atoms with Crippen molar-refractivity contribution in [3.05, 3.63) is 82.0 Å². The number of nitrogens with zero attached hydrogens (tertiary/aromatic N) is 4. The minimum Gasteiger partial charge on any atom is -0.395 e. The molecular weight excluding hydrogens is 400 g/mol. The fourth-order valence-corrected chi connectivity index (χ4v) is 2.81. The monoisotopic (exact) mass is 422 g/mol. The molecular formula is C21H22N6O4. The lowest BCUT2D eigenvalue weighted by Gasteiger charge is -2.17. The Labute approximate surface area is 178 Å². The van der Waals surface area contributed by atoms with E-state index in [0.717, 1.165) is 11.8 Å². The Morgan fingerprint density at radius 3 is 2.52 bits per heavy atom. The number of likely N-dealkylation sites (N-methyl/N-ethyl adjacent to an activating group) is 1. The molecule has 0 atom stereocenters. The summed E-state index contributed by atoms with van der Waals surface area (Å²) in [6.45, 7) is 0.443. The van der Waals surface area contributed by atoms with Gasteiger partial charge < -0.3 is 20.6 Å². The molecule has 0 aliphatic rings. The molecule has 0 radical (unpaired) electrons. The minimum atomic E-state index is -0.574. The van der Waals surface area contributed by atoms with Crippen molar-refractivity contribution in [1.29, 1.82) is 0 Å². The van der Waals surface area contributed by atoms with Crippen LogP contribution in [0.25, 0.3) is 0 Å². The number of aliphatic hydroxyl groups excluding tert-OH is 1. The second-order valence-electron chi connectivity index (χ2n) is 6.68. The van der Waals surface area contributed by atoms with E-state index in [1.807, 2.05) is 30.3 Å². The zero-order chi connectivity index (χ0) is 22.2. The van der Waals surface area contributed by atoms with Crippen molar-refractivity contribution in [2.24, 2.45) is 0 Å². The molecule has 3 aromatic rings. The van der Waals surface area contributed by atoms with E-state index < -0.39 is 4.92 Å². The third kappa shape index (κ3) is 5.73. The number of amides is 1. The van der Waals surface area contributed by atoms with Gasteiger partial charge in [0.05, 0.1) is 11.5 Å². The van der Waals surface area contributed by atoms with Gasteiger partial charge in [0.25, 0.3) is 5.91 Å². The van der Waals surface area contributed by atoms with Crippen LogP contribution < -0.4 is 15.5 Å². The molecule has 0 bridgehead atoms. The molecule has 31 heavy (non-hydrogen) atoms. The number of carbonyl (C=O) groups excluding carboxylic acids is 1. The van der Waals surface area contributed by atoms with Crippen molar-refractivity contribution in [3.8, 4) is 0 Å². The van der Waals surface area contributed by atoms with Gasteiger partial charge in [0.1, 0.15) is 6.20 Å².